The average molecular weight is 288 g/mol. The van der Waals surface area contributed by atoms with Crippen molar-refractivity contribution in [2.45, 2.75) is 6.04 Å². The van der Waals surface area contributed by atoms with E-state index >= 15 is 0 Å². The van der Waals surface area contributed by atoms with Crippen molar-refractivity contribution in [3.63, 3.8) is 0 Å². The second-order valence-corrected chi connectivity index (χ2v) is 5.47. The molecule has 20 heavy (non-hydrogen) atoms. The number of ether oxygens (including phenoxy) is 1. The normalized spacial score (nSPS) is 19.5. The fraction of sp³-hybridized carbons (Fsp3) is 0.333. The van der Waals surface area contributed by atoms with Gasteiger partial charge in [0.15, 0.2) is 5.82 Å². The molecule has 1 saturated heterocycles. The minimum absolute atomic E-state index is 0.136. The Morgan fingerprint density at radius 1 is 1.40 bits per heavy atom. The van der Waals surface area contributed by atoms with Gasteiger partial charge in [-0.3, -0.25) is 4.98 Å². The number of hydrogen-bond acceptors (Lipinski definition) is 7. The zero-order valence-corrected chi connectivity index (χ0v) is 11.4. The number of hydrogen-bond donors (Lipinski definition) is 1. The van der Waals surface area contributed by atoms with Crippen LogP contribution < -0.4 is 5.32 Å². The van der Waals surface area contributed by atoms with Gasteiger partial charge in [0.1, 0.15) is 5.01 Å². The first kappa shape index (κ1) is 11.9. The number of morpholine rings is 1. The van der Waals surface area contributed by atoms with Crippen LogP contribution in [-0.4, -0.2) is 44.6 Å². The van der Waals surface area contributed by atoms with Crippen molar-refractivity contribution in [2.24, 2.45) is 0 Å². The number of nitrogens with one attached hydrogen (secondary N) is 1. The van der Waals surface area contributed by atoms with Gasteiger partial charge in [0.05, 0.1) is 19.3 Å². The van der Waals surface area contributed by atoms with Crippen molar-refractivity contribution in [3.05, 3.63) is 29.5 Å². The Bertz CT molecular complexity index is 718. The van der Waals surface area contributed by atoms with Crippen LogP contribution in [0.5, 0.6) is 0 Å². The van der Waals surface area contributed by atoms with Crippen LogP contribution in [0, 0.1) is 0 Å². The molecule has 7 nitrogen and oxygen atoms in total. The summed E-state index contributed by atoms with van der Waals surface area (Å²) in [5.41, 5.74) is 0.907. The van der Waals surface area contributed by atoms with Crippen LogP contribution in [0.2, 0.25) is 0 Å². The Hall–Kier alpha value is -1.90. The van der Waals surface area contributed by atoms with Crippen LogP contribution in [0.15, 0.2) is 24.5 Å². The minimum atomic E-state index is 0.136. The second kappa shape index (κ2) is 4.89. The van der Waals surface area contributed by atoms with E-state index in [9.17, 15) is 0 Å². The third kappa shape index (κ3) is 1.98. The van der Waals surface area contributed by atoms with Gasteiger partial charge < -0.3 is 10.1 Å². The molecule has 4 rings (SSSR count). The lowest BCUT2D eigenvalue weighted by Crippen LogP contribution is -2.34. The summed E-state index contributed by atoms with van der Waals surface area (Å²) in [6.07, 6.45) is 3.49. The monoisotopic (exact) mass is 288 g/mol. The first-order valence-corrected chi connectivity index (χ1v) is 7.17. The largest absolute Gasteiger partial charge is 0.378 e. The fourth-order valence-electron chi connectivity index (χ4n) is 2.17. The van der Waals surface area contributed by atoms with Gasteiger partial charge in [-0.25, -0.2) is 0 Å². The van der Waals surface area contributed by atoms with Crippen molar-refractivity contribution >= 4 is 16.3 Å². The standard InChI is InChI=1S/C12H12N6OS/c1-2-8(6-13-3-1)10-15-16-12-18(10)17-11(20-12)9-7-19-5-4-14-9/h1-3,6,9,14H,4-5,7H2. The summed E-state index contributed by atoms with van der Waals surface area (Å²) in [6.45, 7) is 2.24. The molecule has 0 aliphatic carbocycles. The highest BCUT2D eigenvalue weighted by atomic mass is 32.1. The van der Waals surface area contributed by atoms with E-state index in [0.29, 0.717) is 12.4 Å². The number of fused-ring (bicyclic) bond motifs is 1. The van der Waals surface area contributed by atoms with E-state index in [1.54, 1.807) is 16.9 Å². The third-order valence-electron chi connectivity index (χ3n) is 3.15. The Morgan fingerprint density at radius 2 is 2.40 bits per heavy atom. The molecular formula is C12H12N6OS. The van der Waals surface area contributed by atoms with Gasteiger partial charge in [0, 0.05) is 24.5 Å². The van der Waals surface area contributed by atoms with Gasteiger partial charge in [-0.1, -0.05) is 11.3 Å². The molecular weight excluding hydrogens is 276 g/mol. The summed E-state index contributed by atoms with van der Waals surface area (Å²) in [6, 6.07) is 3.96. The van der Waals surface area contributed by atoms with E-state index < -0.39 is 0 Å². The van der Waals surface area contributed by atoms with Crippen LogP contribution in [0.3, 0.4) is 0 Å². The van der Waals surface area contributed by atoms with Crippen molar-refractivity contribution < 1.29 is 4.74 Å². The molecule has 0 radical (unpaired) electrons. The van der Waals surface area contributed by atoms with Crippen molar-refractivity contribution in [1.82, 2.24) is 30.1 Å². The Morgan fingerprint density at radius 3 is 3.20 bits per heavy atom. The van der Waals surface area contributed by atoms with Gasteiger partial charge in [0.2, 0.25) is 4.96 Å². The van der Waals surface area contributed by atoms with Gasteiger partial charge in [-0.15, -0.1) is 10.2 Å². The molecule has 0 bridgehead atoms. The maximum atomic E-state index is 5.47. The van der Waals surface area contributed by atoms with E-state index in [-0.39, 0.29) is 6.04 Å². The van der Waals surface area contributed by atoms with E-state index in [1.807, 2.05) is 12.1 Å². The number of aromatic nitrogens is 5. The number of nitrogens with zero attached hydrogens (tertiary/aromatic N) is 5. The van der Waals surface area contributed by atoms with Crippen molar-refractivity contribution in [2.75, 3.05) is 19.8 Å². The minimum Gasteiger partial charge on any atom is -0.378 e. The van der Waals surface area contributed by atoms with E-state index in [1.165, 1.54) is 11.3 Å². The summed E-state index contributed by atoms with van der Waals surface area (Å²) in [5, 5.41) is 17.3. The summed E-state index contributed by atoms with van der Waals surface area (Å²) in [5.74, 6) is 0.715. The molecule has 0 saturated carbocycles. The lowest BCUT2D eigenvalue weighted by molar-refractivity contribution is 0.0765. The van der Waals surface area contributed by atoms with Crippen LogP contribution in [-0.2, 0) is 4.74 Å². The third-order valence-corrected chi connectivity index (χ3v) is 4.16. The fourth-order valence-corrected chi connectivity index (χ4v) is 3.07. The molecule has 1 atom stereocenters. The van der Waals surface area contributed by atoms with Crippen LogP contribution in [0.1, 0.15) is 11.0 Å². The zero-order chi connectivity index (χ0) is 13.4. The van der Waals surface area contributed by atoms with Crippen molar-refractivity contribution in [1.29, 1.82) is 0 Å². The molecule has 0 amide bonds. The number of rotatable bonds is 2. The van der Waals surface area contributed by atoms with Crippen LogP contribution >= 0.6 is 11.3 Å². The predicted molar refractivity (Wildman–Crippen MR) is 73.5 cm³/mol. The zero-order valence-electron chi connectivity index (χ0n) is 10.6. The molecule has 4 heterocycles. The Labute approximate surface area is 118 Å². The second-order valence-electron chi connectivity index (χ2n) is 4.48. The molecule has 1 N–H and O–H groups in total. The summed E-state index contributed by atoms with van der Waals surface area (Å²) in [7, 11) is 0. The predicted octanol–water partition coefficient (Wildman–Crippen LogP) is 0.909. The lowest BCUT2D eigenvalue weighted by atomic mass is 10.3. The maximum absolute atomic E-state index is 5.47. The first-order valence-electron chi connectivity index (χ1n) is 6.35. The van der Waals surface area contributed by atoms with Crippen LogP contribution in [0.25, 0.3) is 16.3 Å². The average Bonchev–Trinajstić information content (AvgIpc) is 3.09. The van der Waals surface area contributed by atoms with E-state index in [2.05, 4.69) is 25.6 Å². The smallest absolute Gasteiger partial charge is 0.235 e. The topological polar surface area (TPSA) is 77.2 Å². The summed E-state index contributed by atoms with van der Waals surface area (Å²) < 4.78 is 7.24. The van der Waals surface area contributed by atoms with Gasteiger partial charge in [-0.05, 0) is 12.1 Å². The molecule has 1 unspecified atom stereocenters. The first-order chi connectivity index (χ1) is 9.92. The highest BCUT2D eigenvalue weighted by molar-refractivity contribution is 7.16. The van der Waals surface area contributed by atoms with Gasteiger partial charge in [-0.2, -0.15) is 9.61 Å². The highest BCUT2D eigenvalue weighted by Crippen LogP contribution is 2.25. The SMILES string of the molecule is c1cncc(-c2nnc3sc(C4COCCN4)nn23)c1. The highest BCUT2D eigenvalue weighted by Gasteiger charge is 2.21. The van der Waals surface area contributed by atoms with Gasteiger partial charge in [0.25, 0.3) is 0 Å². The van der Waals surface area contributed by atoms with Crippen molar-refractivity contribution in [3.8, 4) is 11.4 Å². The number of pyridine rings is 1. The summed E-state index contributed by atoms with van der Waals surface area (Å²) >= 11 is 1.53. The van der Waals surface area contributed by atoms with Crippen LogP contribution in [0.4, 0.5) is 0 Å². The molecule has 0 aromatic carbocycles. The quantitative estimate of drug-likeness (QED) is 0.755. The molecule has 3 aromatic rings. The van der Waals surface area contributed by atoms with Gasteiger partial charge >= 0.3 is 0 Å². The molecule has 1 fully saturated rings. The molecule has 8 heteroatoms. The Balaban J connectivity index is 1.75. The maximum Gasteiger partial charge on any atom is 0.235 e. The van der Waals surface area contributed by atoms with E-state index in [4.69, 9.17) is 4.74 Å². The lowest BCUT2D eigenvalue weighted by Gasteiger charge is -2.21. The Kier molecular flexibility index (Phi) is 2.91. The van der Waals surface area contributed by atoms with E-state index in [0.717, 1.165) is 28.7 Å². The molecule has 3 aromatic heterocycles. The molecule has 1 aliphatic rings. The molecule has 102 valence electrons. The molecule has 1 aliphatic heterocycles. The summed E-state index contributed by atoms with van der Waals surface area (Å²) in [4.78, 5) is 4.89. The molecule has 0 spiro atoms.